The number of thiophene rings is 1. The number of aryl methyl sites for hydroxylation is 2. The SMILES string of the molecule is CCC(NC(=O)Nc1cc(C)ccc1C)c1c(-n2cccc2)sc2c1CCN(C)C2. The van der Waals surface area contributed by atoms with Gasteiger partial charge in [0.2, 0.25) is 0 Å². The lowest BCUT2D eigenvalue weighted by Gasteiger charge is -2.25. The Morgan fingerprint density at radius 3 is 2.73 bits per heavy atom. The molecule has 0 radical (unpaired) electrons. The summed E-state index contributed by atoms with van der Waals surface area (Å²) < 4.78 is 2.19. The molecular formula is C24H30N4OS. The first-order valence-corrected chi connectivity index (χ1v) is 11.4. The Hall–Kier alpha value is -2.57. The Bertz CT molecular complexity index is 1040. The summed E-state index contributed by atoms with van der Waals surface area (Å²) in [6.45, 7) is 8.21. The van der Waals surface area contributed by atoms with Crippen molar-refractivity contribution in [3.8, 4) is 5.00 Å². The van der Waals surface area contributed by atoms with E-state index in [1.54, 1.807) is 0 Å². The first kappa shape index (κ1) is 20.7. The van der Waals surface area contributed by atoms with Crippen molar-refractivity contribution in [3.05, 3.63) is 69.9 Å². The van der Waals surface area contributed by atoms with E-state index in [-0.39, 0.29) is 12.1 Å². The average Bonchev–Trinajstić information content (AvgIpc) is 3.36. The second kappa shape index (κ2) is 8.66. The lowest BCUT2D eigenvalue weighted by atomic mass is 9.96. The third-order valence-corrected chi connectivity index (χ3v) is 7.06. The van der Waals surface area contributed by atoms with Crippen LogP contribution in [0.3, 0.4) is 0 Å². The van der Waals surface area contributed by atoms with Gasteiger partial charge >= 0.3 is 6.03 Å². The van der Waals surface area contributed by atoms with Crippen molar-refractivity contribution in [2.24, 2.45) is 0 Å². The van der Waals surface area contributed by atoms with Crippen LogP contribution in [0.5, 0.6) is 0 Å². The first-order chi connectivity index (χ1) is 14.5. The van der Waals surface area contributed by atoms with Crippen LogP contribution in [0.4, 0.5) is 10.5 Å². The van der Waals surface area contributed by atoms with Crippen molar-refractivity contribution in [3.63, 3.8) is 0 Å². The molecule has 3 heterocycles. The van der Waals surface area contributed by atoms with Gasteiger partial charge in [-0.3, -0.25) is 0 Å². The smallest absolute Gasteiger partial charge is 0.319 e. The van der Waals surface area contributed by atoms with Gasteiger partial charge in [-0.1, -0.05) is 19.1 Å². The highest BCUT2D eigenvalue weighted by Gasteiger charge is 2.28. The van der Waals surface area contributed by atoms with Crippen molar-refractivity contribution in [1.29, 1.82) is 0 Å². The van der Waals surface area contributed by atoms with E-state index in [0.29, 0.717) is 0 Å². The summed E-state index contributed by atoms with van der Waals surface area (Å²) in [4.78, 5) is 16.7. The van der Waals surface area contributed by atoms with Crippen LogP contribution in [0.1, 0.15) is 46.5 Å². The van der Waals surface area contributed by atoms with Crippen LogP contribution in [0.15, 0.2) is 42.7 Å². The predicted molar refractivity (Wildman–Crippen MR) is 125 cm³/mol. The number of benzene rings is 1. The minimum Gasteiger partial charge on any atom is -0.331 e. The van der Waals surface area contributed by atoms with Gasteiger partial charge in [-0.05, 0) is 68.6 Å². The maximum absolute atomic E-state index is 12.9. The van der Waals surface area contributed by atoms with Crippen LogP contribution in [0, 0.1) is 13.8 Å². The van der Waals surface area contributed by atoms with Crippen LogP contribution in [0.25, 0.3) is 5.00 Å². The molecule has 4 rings (SSSR count). The van der Waals surface area contributed by atoms with E-state index in [0.717, 1.165) is 42.7 Å². The van der Waals surface area contributed by atoms with Crippen molar-refractivity contribution in [2.75, 3.05) is 18.9 Å². The first-order valence-electron chi connectivity index (χ1n) is 10.6. The quantitative estimate of drug-likeness (QED) is 0.577. The summed E-state index contributed by atoms with van der Waals surface area (Å²) in [5, 5.41) is 7.54. The molecule has 0 fully saturated rings. The van der Waals surface area contributed by atoms with E-state index in [1.165, 1.54) is 21.0 Å². The molecule has 5 nitrogen and oxygen atoms in total. The monoisotopic (exact) mass is 422 g/mol. The maximum Gasteiger partial charge on any atom is 0.319 e. The Balaban J connectivity index is 1.64. The third kappa shape index (κ3) is 4.16. The van der Waals surface area contributed by atoms with E-state index in [1.807, 2.05) is 37.3 Å². The van der Waals surface area contributed by atoms with Crippen molar-refractivity contribution in [1.82, 2.24) is 14.8 Å². The van der Waals surface area contributed by atoms with Crippen LogP contribution in [-0.4, -0.2) is 29.1 Å². The van der Waals surface area contributed by atoms with Crippen LogP contribution in [-0.2, 0) is 13.0 Å². The fraction of sp³-hybridized carbons (Fsp3) is 0.375. The number of fused-ring (bicyclic) bond motifs is 1. The highest BCUT2D eigenvalue weighted by molar-refractivity contribution is 7.15. The number of likely N-dealkylation sites (N-methyl/N-ethyl adjacent to an activating group) is 1. The summed E-state index contributed by atoms with van der Waals surface area (Å²) in [5.74, 6) is 0. The minimum absolute atomic E-state index is 0.0316. The largest absolute Gasteiger partial charge is 0.331 e. The molecular weight excluding hydrogens is 392 g/mol. The van der Waals surface area contributed by atoms with Gasteiger partial charge in [0.05, 0.1) is 6.04 Å². The third-order valence-electron chi connectivity index (χ3n) is 5.81. The summed E-state index contributed by atoms with van der Waals surface area (Å²) in [6.07, 6.45) is 6.05. The molecule has 1 aliphatic rings. The highest BCUT2D eigenvalue weighted by atomic mass is 32.1. The van der Waals surface area contributed by atoms with Crippen molar-refractivity contribution >= 4 is 23.1 Å². The molecule has 0 saturated heterocycles. The minimum atomic E-state index is -0.151. The topological polar surface area (TPSA) is 49.3 Å². The van der Waals surface area contributed by atoms with Gasteiger partial charge in [-0.25, -0.2) is 4.79 Å². The number of anilines is 1. The second-order valence-electron chi connectivity index (χ2n) is 8.18. The molecule has 1 aromatic carbocycles. The molecule has 3 aromatic rings. The Kier molecular flexibility index (Phi) is 5.97. The number of nitrogens with one attached hydrogen (secondary N) is 2. The number of hydrogen-bond donors (Lipinski definition) is 2. The molecule has 1 aliphatic heterocycles. The number of rotatable bonds is 5. The summed E-state index contributed by atoms with van der Waals surface area (Å²) in [7, 11) is 2.17. The zero-order chi connectivity index (χ0) is 21.3. The summed E-state index contributed by atoms with van der Waals surface area (Å²) >= 11 is 1.85. The molecule has 2 aromatic heterocycles. The molecule has 0 spiro atoms. The average molecular weight is 423 g/mol. The zero-order valence-corrected chi connectivity index (χ0v) is 19.0. The molecule has 0 aliphatic carbocycles. The molecule has 2 amide bonds. The van der Waals surface area contributed by atoms with Gasteiger partial charge in [-0.15, -0.1) is 11.3 Å². The lowest BCUT2D eigenvalue weighted by molar-refractivity contribution is 0.248. The van der Waals surface area contributed by atoms with Gasteiger partial charge in [0, 0.05) is 41.6 Å². The number of carbonyl (C=O) groups excluding carboxylic acids is 1. The van der Waals surface area contributed by atoms with E-state index in [4.69, 9.17) is 0 Å². The van der Waals surface area contributed by atoms with Gasteiger partial charge in [-0.2, -0.15) is 0 Å². The van der Waals surface area contributed by atoms with E-state index in [2.05, 4.69) is 64.7 Å². The summed E-state index contributed by atoms with van der Waals surface area (Å²) in [5.41, 5.74) is 5.75. The molecule has 0 bridgehead atoms. The van der Waals surface area contributed by atoms with Crippen LogP contribution < -0.4 is 10.6 Å². The second-order valence-corrected chi connectivity index (χ2v) is 9.26. The summed E-state index contributed by atoms with van der Waals surface area (Å²) in [6, 6.07) is 10.0. The van der Waals surface area contributed by atoms with Crippen LogP contribution >= 0.6 is 11.3 Å². The lowest BCUT2D eigenvalue weighted by Crippen LogP contribution is -2.34. The van der Waals surface area contributed by atoms with Gasteiger partial charge in [0.15, 0.2) is 0 Å². The fourth-order valence-corrected chi connectivity index (χ4v) is 5.58. The van der Waals surface area contributed by atoms with Crippen LogP contribution in [0.2, 0.25) is 0 Å². The highest BCUT2D eigenvalue weighted by Crippen LogP contribution is 2.40. The van der Waals surface area contributed by atoms with Gasteiger partial charge < -0.3 is 20.1 Å². The number of hydrogen-bond acceptors (Lipinski definition) is 3. The number of amides is 2. The normalized spacial score (nSPS) is 14.9. The molecule has 1 atom stereocenters. The Morgan fingerprint density at radius 2 is 2.00 bits per heavy atom. The molecule has 6 heteroatoms. The van der Waals surface area contributed by atoms with Crippen molar-refractivity contribution < 1.29 is 4.79 Å². The van der Waals surface area contributed by atoms with Gasteiger partial charge in [0.25, 0.3) is 0 Å². The van der Waals surface area contributed by atoms with E-state index in [9.17, 15) is 4.79 Å². The standard InChI is InChI=1S/C24H30N4OS/c1-5-19(25-24(29)26-20-14-16(2)8-9-17(20)3)22-18-10-13-27(4)15-21(18)30-23(22)28-11-6-7-12-28/h6-9,11-12,14,19H,5,10,13,15H2,1-4H3,(H2,25,26,29). The molecule has 158 valence electrons. The number of carbonyl (C=O) groups is 1. The molecule has 30 heavy (non-hydrogen) atoms. The Labute approximate surface area is 182 Å². The number of urea groups is 1. The van der Waals surface area contributed by atoms with E-state index < -0.39 is 0 Å². The Morgan fingerprint density at radius 1 is 1.23 bits per heavy atom. The number of aromatic nitrogens is 1. The molecule has 2 N–H and O–H groups in total. The predicted octanol–water partition coefficient (Wildman–Crippen LogP) is 5.42. The molecule has 1 unspecified atom stereocenters. The zero-order valence-electron chi connectivity index (χ0n) is 18.2. The number of nitrogens with zero attached hydrogens (tertiary/aromatic N) is 2. The van der Waals surface area contributed by atoms with Gasteiger partial charge in [0.1, 0.15) is 5.00 Å². The van der Waals surface area contributed by atoms with Crippen molar-refractivity contribution in [2.45, 2.75) is 46.2 Å². The molecule has 0 saturated carbocycles. The maximum atomic E-state index is 12.9. The fourth-order valence-electron chi connectivity index (χ4n) is 4.13. The van der Waals surface area contributed by atoms with E-state index >= 15 is 0 Å².